The van der Waals surface area contributed by atoms with E-state index in [9.17, 15) is 4.79 Å². The third-order valence-electron chi connectivity index (χ3n) is 3.72. The lowest BCUT2D eigenvalue weighted by Gasteiger charge is -2.21. The predicted octanol–water partition coefficient (Wildman–Crippen LogP) is 2.27. The normalized spacial score (nSPS) is 10.5. The number of hydrogen-bond acceptors (Lipinski definition) is 4. The number of amides is 1. The lowest BCUT2D eigenvalue weighted by Crippen LogP contribution is -2.33. The molecule has 0 aliphatic rings. The summed E-state index contributed by atoms with van der Waals surface area (Å²) in [5.74, 6) is 0.0246. The van der Waals surface area contributed by atoms with E-state index in [1.165, 1.54) is 5.56 Å². The van der Waals surface area contributed by atoms with Crippen LogP contribution in [0.15, 0.2) is 60.7 Å². The molecule has 1 heterocycles. The summed E-state index contributed by atoms with van der Waals surface area (Å²) in [7, 11) is 0. The second-order valence-electron chi connectivity index (χ2n) is 5.49. The standard InChI is InChI=1S/C18H19N5O/c19-18-20-16(21-22-18)17(24)23(13-15-9-5-2-6-10-15)12-11-14-7-3-1-4-8-14/h1-10H,11-13H2,(H3,19,20,21,22). The summed E-state index contributed by atoms with van der Waals surface area (Å²) in [6, 6.07) is 19.9. The van der Waals surface area contributed by atoms with Crippen LogP contribution >= 0.6 is 0 Å². The Morgan fingerprint density at radius 3 is 2.21 bits per heavy atom. The number of nitrogen functional groups attached to an aromatic ring is 1. The number of aromatic amines is 1. The summed E-state index contributed by atoms with van der Waals surface area (Å²) >= 11 is 0. The summed E-state index contributed by atoms with van der Waals surface area (Å²) in [4.78, 5) is 18.4. The fraction of sp³-hybridized carbons (Fsp3) is 0.167. The van der Waals surface area contributed by atoms with Gasteiger partial charge in [-0.2, -0.15) is 4.98 Å². The second-order valence-corrected chi connectivity index (χ2v) is 5.49. The predicted molar refractivity (Wildman–Crippen MR) is 92.1 cm³/mol. The minimum Gasteiger partial charge on any atom is -0.366 e. The first-order valence-corrected chi connectivity index (χ1v) is 7.77. The van der Waals surface area contributed by atoms with Crippen LogP contribution in [-0.4, -0.2) is 32.5 Å². The zero-order valence-corrected chi connectivity index (χ0v) is 13.2. The summed E-state index contributed by atoms with van der Waals surface area (Å²) in [6.07, 6.45) is 0.767. The SMILES string of the molecule is Nc1n[nH]c(C(=O)N(CCc2ccccc2)Cc2ccccc2)n1. The molecule has 6 nitrogen and oxygen atoms in total. The molecule has 0 aliphatic carbocycles. The zero-order valence-electron chi connectivity index (χ0n) is 13.2. The Hall–Kier alpha value is -3.15. The molecule has 6 heteroatoms. The number of carbonyl (C=O) groups is 1. The molecule has 122 valence electrons. The maximum Gasteiger partial charge on any atom is 0.291 e. The minimum absolute atomic E-state index is 0.0704. The Morgan fingerprint density at radius 1 is 1.00 bits per heavy atom. The van der Waals surface area contributed by atoms with Gasteiger partial charge >= 0.3 is 0 Å². The van der Waals surface area contributed by atoms with Crippen molar-refractivity contribution < 1.29 is 4.79 Å². The molecule has 0 bridgehead atoms. The Bertz CT molecular complexity index is 785. The fourth-order valence-electron chi connectivity index (χ4n) is 2.49. The van der Waals surface area contributed by atoms with E-state index in [0.717, 1.165) is 12.0 Å². The highest BCUT2D eigenvalue weighted by Gasteiger charge is 2.19. The van der Waals surface area contributed by atoms with E-state index in [1.54, 1.807) is 4.90 Å². The van der Waals surface area contributed by atoms with Crippen LogP contribution in [0.2, 0.25) is 0 Å². The molecule has 1 amide bonds. The van der Waals surface area contributed by atoms with Crippen LogP contribution in [-0.2, 0) is 13.0 Å². The molecule has 0 saturated heterocycles. The number of nitrogens with one attached hydrogen (secondary N) is 1. The number of rotatable bonds is 6. The number of nitrogens with two attached hydrogens (primary N) is 1. The first-order valence-electron chi connectivity index (χ1n) is 7.77. The van der Waals surface area contributed by atoms with Gasteiger partial charge in [0.25, 0.3) is 5.91 Å². The van der Waals surface area contributed by atoms with Crippen molar-refractivity contribution in [2.45, 2.75) is 13.0 Å². The molecule has 0 spiro atoms. The molecule has 0 saturated carbocycles. The number of benzene rings is 2. The molecular weight excluding hydrogens is 302 g/mol. The number of H-pyrrole nitrogens is 1. The van der Waals surface area contributed by atoms with Crippen molar-refractivity contribution in [3.63, 3.8) is 0 Å². The molecule has 0 aliphatic heterocycles. The average Bonchev–Trinajstić information content (AvgIpc) is 3.06. The molecule has 0 radical (unpaired) electrons. The molecule has 1 aromatic heterocycles. The maximum absolute atomic E-state index is 12.7. The highest BCUT2D eigenvalue weighted by molar-refractivity contribution is 5.90. The first-order chi connectivity index (χ1) is 11.7. The molecule has 2 aromatic carbocycles. The number of hydrogen-bond donors (Lipinski definition) is 2. The van der Waals surface area contributed by atoms with Crippen molar-refractivity contribution in [2.24, 2.45) is 0 Å². The molecule has 3 N–H and O–H groups in total. The zero-order chi connectivity index (χ0) is 16.8. The van der Waals surface area contributed by atoms with E-state index in [-0.39, 0.29) is 17.7 Å². The molecule has 24 heavy (non-hydrogen) atoms. The highest BCUT2D eigenvalue weighted by atomic mass is 16.2. The van der Waals surface area contributed by atoms with Crippen molar-refractivity contribution in [2.75, 3.05) is 12.3 Å². The Kier molecular flexibility index (Phi) is 4.86. The van der Waals surface area contributed by atoms with Crippen molar-refractivity contribution in [1.29, 1.82) is 0 Å². The lowest BCUT2D eigenvalue weighted by molar-refractivity contribution is 0.0733. The van der Waals surface area contributed by atoms with E-state index < -0.39 is 0 Å². The smallest absolute Gasteiger partial charge is 0.291 e. The van der Waals surface area contributed by atoms with Crippen LogP contribution in [0, 0.1) is 0 Å². The summed E-state index contributed by atoms with van der Waals surface area (Å²) < 4.78 is 0. The largest absolute Gasteiger partial charge is 0.366 e. The Morgan fingerprint density at radius 2 is 1.62 bits per heavy atom. The topological polar surface area (TPSA) is 87.9 Å². The van der Waals surface area contributed by atoms with Crippen LogP contribution in [0.25, 0.3) is 0 Å². The molecular formula is C18H19N5O. The highest BCUT2D eigenvalue weighted by Crippen LogP contribution is 2.10. The van der Waals surface area contributed by atoms with Gasteiger partial charge in [-0.25, -0.2) is 0 Å². The second kappa shape index (κ2) is 7.41. The molecule has 3 rings (SSSR count). The van der Waals surface area contributed by atoms with Gasteiger partial charge in [0.1, 0.15) is 0 Å². The number of nitrogens with zero attached hydrogens (tertiary/aromatic N) is 3. The van der Waals surface area contributed by atoms with E-state index in [4.69, 9.17) is 5.73 Å². The number of carbonyl (C=O) groups excluding carboxylic acids is 1. The van der Waals surface area contributed by atoms with Crippen LogP contribution in [0.3, 0.4) is 0 Å². The van der Waals surface area contributed by atoms with Gasteiger partial charge in [0.15, 0.2) is 0 Å². The van der Waals surface area contributed by atoms with Gasteiger partial charge in [-0.1, -0.05) is 60.7 Å². The third kappa shape index (κ3) is 3.98. The van der Waals surface area contributed by atoms with Crippen molar-refractivity contribution in [3.8, 4) is 0 Å². The summed E-state index contributed by atoms with van der Waals surface area (Å²) in [6.45, 7) is 1.09. The number of anilines is 1. The summed E-state index contributed by atoms with van der Waals surface area (Å²) in [5, 5.41) is 6.33. The van der Waals surface area contributed by atoms with Crippen LogP contribution in [0.4, 0.5) is 5.95 Å². The van der Waals surface area contributed by atoms with E-state index >= 15 is 0 Å². The van der Waals surface area contributed by atoms with Gasteiger partial charge in [-0.3, -0.25) is 9.89 Å². The van der Waals surface area contributed by atoms with Crippen molar-refractivity contribution in [3.05, 3.63) is 77.6 Å². The minimum atomic E-state index is -0.209. The van der Waals surface area contributed by atoms with Crippen molar-refractivity contribution in [1.82, 2.24) is 20.1 Å². The third-order valence-corrected chi connectivity index (χ3v) is 3.72. The molecule has 0 atom stereocenters. The van der Waals surface area contributed by atoms with E-state index in [1.807, 2.05) is 48.5 Å². The quantitative estimate of drug-likeness (QED) is 0.729. The molecule has 0 fully saturated rings. The summed E-state index contributed by atoms with van der Waals surface area (Å²) in [5.41, 5.74) is 7.75. The average molecular weight is 321 g/mol. The van der Waals surface area contributed by atoms with E-state index in [0.29, 0.717) is 13.1 Å². The number of aromatic nitrogens is 3. The van der Waals surface area contributed by atoms with Crippen LogP contribution in [0.1, 0.15) is 21.7 Å². The van der Waals surface area contributed by atoms with Gasteiger partial charge in [-0.15, -0.1) is 5.10 Å². The molecule has 0 unspecified atom stereocenters. The van der Waals surface area contributed by atoms with Crippen LogP contribution < -0.4 is 5.73 Å². The fourth-order valence-corrected chi connectivity index (χ4v) is 2.49. The first kappa shape index (κ1) is 15.7. The Balaban J connectivity index is 1.76. The molecule has 3 aromatic rings. The van der Waals surface area contributed by atoms with Gasteiger partial charge in [0.2, 0.25) is 11.8 Å². The Labute approximate surface area is 140 Å². The monoisotopic (exact) mass is 321 g/mol. The lowest BCUT2D eigenvalue weighted by atomic mass is 10.1. The maximum atomic E-state index is 12.7. The van der Waals surface area contributed by atoms with Crippen molar-refractivity contribution >= 4 is 11.9 Å². The van der Waals surface area contributed by atoms with Gasteiger partial charge in [-0.05, 0) is 17.5 Å². The van der Waals surface area contributed by atoms with Gasteiger partial charge in [0, 0.05) is 13.1 Å². The van der Waals surface area contributed by atoms with Gasteiger partial charge in [0.05, 0.1) is 0 Å². The van der Waals surface area contributed by atoms with Gasteiger partial charge < -0.3 is 10.6 Å². The van der Waals surface area contributed by atoms with E-state index in [2.05, 4.69) is 27.3 Å². The van der Waals surface area contributed by atoms with Crippen LogP contribution in [0.5, 0.6) is 0 Å².